The van der Waals surface area contributed by atoms with Crippen LogP contribution in [0.15, 0.2) is 35.5 Å². The molecule has 4 saturated carbocycles. The summed E-state index contributed by atoms with van der Waals surface area (Å²) in [6.07, 6.45) is 17.7. The Labute approximate surface area is 322 Å². The predicted molar refractivity (Wildman–Crippen MR) is 214 cm³/mol. The van der Waals surface area contributed by atoms with Crippen molar-refractivity contribution in [3.8, 4) is 0 Å². The first-order chi connectivity index (χ1) is 24.7. The molecule has 6 aliphatic carbocycles. The van der Waals surface area contributed by atoms with E-state index >= 15 is 0 Å². The number of carbonyl (C=O) groups is 1. The molecule has 7 nitrogen and oxygen atoms in total. The highest BCUT2D eigenvalue weighted by Crippen LogP contribution is 2.76. The van der Waals surface area contributed by atoms with Gasteiger partial charge in [-0.15, -0.1) is 0 Å². The second-order valence-electron chi connectivity index (χ2n) is 20.7. The maximum absolute atomic E-state index is 12.4. The fourth-order valence-corrected chi connectivity index (χ4v) is 16.2. The summed E-state index contributed by atoms with van der Waals surface area (Å²) in [5, 5.41) is 14.4. The quantitative estimate of drug-likeness (QED) is 0.228. The fraction of sp³-hybridized carbons (Fsp3) is 0.844. The van der Waals surface area contributed by atoms with Gasteiger partial charge in [0, 0.05) is 38.1 Å². The van der Waals surface area contributed by atoms with E-state index < -0.39 is 21.4 Å². The van der Waals surface area contributed by atoms with E-state index in [4.69, 9.17) is 4.74 Å². The topological polar surface area (TPSA) is 95.9 Å². The normalized spacial score (nSPS) is 44.9. The average molecular weight is 753 g/mol. The fourth-order valence-electron chi connectivity index (χ4n) is 14.9. The van der Waals surface area contributed by atoms with Gasteiger partial charge in [-0.3, -0.25) is 0 Å². The van der Waals surface area contributed by atoms with Crippen molar-refractivity contribution in [1.82, 2.24) is 10.2 Å². The summed E-state index contributed by atoms with van der Waals surface area (Å²) in [5.41, 5.74) is 4.05. The molecule has 53 heavy (non-hydrogen) atoms. The van der Waals surface area contributed by atoms with Crippen molar-refractivity contribution < 1.29 is 23.1 Å². The summed E-state index contributed by atoms with van der Waals surface area (Å²) in [6, 6.07) is 0. The zero-order valence-corrected chi connectivity index (χ0v) is 35.3. The number of rotatable bonds is 9. The van der Waals surface area contributed by atoms with Crippen LogP contribution in [0.3, 0.4) is 0 Å². The SMILES string of the molecule is C=C(C)[C@@H]1CC[C@]2(NCCN3CCS(=O)(=O)CC3)CC[C@]3(C)[C@H](CC[C@@H]4[C@@]5(C)CC=C(C6=CCC(OC(C)C)(C(=O)O)CC6)C(C)(C)[C@@H]5CC[C@]43C)[C@@H]12. The first kappa shape index (κ1) is 39.7. The maximum Gasteiger partial charge on any atom is 0.336 e. The largest absolute Gasteiger partial charge is 0.479 e. The van der Waals surface area contributed by atoms with E-state index in [1.54, 1.807) is 0 Å². The summed E-state index contributed by atoms with van der Waals surface area (Å²) in [4.78, 5) is 14.8. The number of ether oxygens (including phenoxy) is 1. The molecule has 0 spiro atoms. The highest BCUT2D eigenvalue weighted by molar-refractivity contribution is 7.91. The van der Waals surface area contributed by atoms with Crippen LogP contribution in [0.2, 0.25) is 0 Å². The van der Waals surface area contributed by atoms with Crippen molar-refractivity contribution in [3.05, 3.63) is 35.5 Å². The number of carboxylic acid groups (broad SMARTS) is 1. The summed E-state index contributed by atoms with van der Waals surface area (Å²) in [7, 11) is -2.87. The smallest absolute Gasteiger partial charge is 0.336 e. The van der Waals surface area contributed by atoms with Crippen LogP contribution in [0.1, 0.15) is 132 Å². The van der Waals surface area contributed by atoms with Gasteiger partial charge < -0.3 is 20.1 Å². The molecule has 0 bridgehead atoms. The summed E-state index contributed by atoms with van der Waals surface area (Å²) in [6.45, 7) is 27.1. The van der Waals surface area contributed by atoms with Gasteiger partial charge in [0.25, 0.3) is 0 Å². The van der Waals surface area contributed by atoms with Crippen molar-refractivity contribution in [2.75, 3.05) is 37.7 Å². The first-order valence-electron chi connectivity index (χ1n) is 21.4. The Morgan fingerprint density at radius 3 is 2.28 bits per heavy atom. The predicted octanol–water partition coefficient (Wildman–Crippen LogP) is 8.61. The number of nitrogens with zero attached hydrogens (tertiary/aromatic N) is 1. The second-order valence-corrected chi connectivity index (χ2v) is 23.0. The summed E-state index contributed by atoms with van der Waals surface area (Å²) in [5.74, 6) is 2.87. The minimum absolute atomic E-state index is 0.0285. The molecule has 0 radical (unpaired) electrons. The number of sulfone groups is 1. The Morgan fingerprint density at radius 2 is 1.66 bits per heavy atom. The molecule has 298 valence electrons. The van der Waals surface area contributed by atoms with E-state index in [1.165, 1.54) is 68.1 Å². The van der Waals surface area contributed by atoms with Gasteiger partial charge in [0.05, 0.1) is 17.6 Å². The van der Waals surface area contributed by atoms with Gasteiger partial charge in [-0.05, 0) is 154 Å². The third-order valence-corrected chi connectivity index (χ3v) is 19.3. The lowest BCUT2D eigenvalue weighted by molar-refractivity contribution is -0.221. The van der Waals surface area contributed by atoms with Crippen molar-refractivity contribution in [3.63, 3.8) is 0 Å². The van der Waals surface area contributed by atoms with Gasteiger partial charge in [0.2, 0.25) is 0 Å². The number of allylic oxidation sites excluding steroid dienone is 4. The monoisotopic (exact) mass is 753 g/mol. The lowest BCUT2D eigenvalue weighted by Crippen LogP contribution is -2.68. The molecule has 7 aliphatic rings. The molecule has 1 heterocycles. The van der Waals surface area contributed by atoms with Gasteiger partial charge in [-0.2, -0.15) is 0 Å². The first-order valence-corrected chi connectivity index (χ1v) is 23.2. The number of aliphatic carboxylic acids is 1. The Kier molecular flexibility index (Phi) is 10.2. The van der Waals surface area contributed by atoms with Crippen LogP contribution in [0, 0.1) is 51.2 Å². The Bertz CT molecular complexity index is 1630. The van der Waals surface area contributed by atoms with Crippen LogP contribution in [0.4, 0.5) is 0 Å². The van der Waals surface area contributed by atoms with Crippen LogP contribution >= 0.6 is 0 Å². The molecule has 0 aromatic carbocycles. The highest BCUT2D eigenvalue weighted by Gasteiger charge is 2.70. The second kappa shape index (κ2) is 13.6. The molecule has 1 saturated heterocycles. The lowest BCUT2D eigenvalue weighted by atomic mass is 9.33. The third kappa shape index (κ3) is 6.29. The van der Waals surface area contributed by atoms with E-state index in [-0.39, 0.29) is 33.3 Å². The number of nitrogens with one attached hydrogen (secondary N) is 1. The van der Waals surface area contributed by atoms with E-state index in [0.717, 1.165) is 25.9 Å². The molecule has 0 amide bonds. The van der Waals surface area contributed by atoms with Crippen LogP contribution in [-0.4, -0.2) is 79.3 Å². The van der Waals surface area contributed by atoms with Gasteiger partial charge in [-0.1, -0.05) is 58.9 Å². The van der Waals surface area contributed by atoms with Crippen LogP contribution in [0.25, 0.3) is 0 Å². The standard InChI is InChI=1S/C45H72N2O5S/c1-30(2)33-14-19-44(46-24-25-47-26-28-53(50,51)29-27-47)23-22-42(8)35(38(33)44)10-11-37-41(7)17-15-34(40(5,6)36(41)16-18-43(37,42)9)32-12-20-45(21-13-32,39(48)49)52-31(3)4/h12,15,31,33,35-38,46H,1,10-11,13-14,16-29H2,2-9H3,(H,48,49)/t33-,35+,36-,37+,38+,41-,42+,43+,44-,45?/m0/s1. The Balaban J connectivity index is 1.12. The van der Waals surface area contributed by atoms with Crippen molar-refractivity contribution >= 4 is 15.8 Å². The van der Waals surface area contributed by atoms with Crippen LogP contribution < -0.4 is 5.32 Å². The molecular weight excluding hydrogens is 681 g/mol. The molecule has 1 unspecified atom stereocenters. The van der Waals surface area contributed by atoms with Gasteiger partial charge in [-0.25, -0.2) is 13.2 Å². The molecule has 5 fully saturated rings. The molecule has 2 N–H and O–H groups in total. The van der Waals surface area contributed by atoms with E-state index in [0.29, 0.717) is 67.0 Å². The van der Waals surface area contributed by atoms with Crippen LogP contribution in [0.5, 0.6) is 0 Å². The van der Waals surface area contributed by atoms with Gasteiger partial charge in [0.1, 0.15) is 0 Å². The van der Waals surface area contributed by atoms with Crippen LogP contribution in [-0.2, 0) is 19.4 Å². The zero-order chi connectivity index (χ0) is 38.4. The number of hydrogen-bond acceptors (Lipinski definition) is 6. The molecule has 1 aliphatic heterocycles. The molecule has 0 aromatic heterocycles. The molecule has 8 heteroatoms. The van der Waals surface area contributed by atoms with E-state index in [1.807, 2.05) is 13.8 Å². The molecule has 10 atom stereocenters. The van der Waals surface area contributed by atoms with Crippen molar-refractivity contribution in [1.29, 1.82) is 0 Å². The number of hydrogen-bond donors (Lipinski definition) is 2. The highest BCUT2D eigenvalue weighted by atomic mass is 32.2. The molecule has 0 aromatic rings. The molecule has 7 rings (SSSR count). The zero-order valence-electron chi connectivity index (χ0n) is 34.5. The maximum atomic E-state index is 12.4. The van der Waals surface area contributed by atoms with Gasteiger partial charge >= 0.3 is 5.97 Å². The average Bonchev–Trinajstić information content (AvgIpc) is 3.46. The van der Waals surface area contributed by atoms with E-state index in [9.17, 15) is 18.3 Å². The van der Waals surface area contributed by atoms with Crippen molar-refractivity contribution in [2.45, 2.75) is 150 Å². The van der Waals surface area contributed by atoms with Gasteiger partial charge in [0.15, 0.2) is 15.4 Å². The minimum atomic E-state index is -2.87. The summed E-state index contributed by atoms with van der Waals surface area (Å²) >= 11 is 0. The number of carboxylic acids is 1. The Morgan fingerprint density at radius 1 is 0.943 bits per heavy atom. The molecular formula is C45H72N2O5S. The minimum Gasteiger partial charge on any atom is -0.479 e. The van der Waals surface area contributed by atoms with E-state index in [2.05, 4.69) is 70.5 Å². The number of fused-ring (bicyclic) bond motifs is 7. The van der Waals surface area contributed by atoms with Crippen molar-refractivity contribution in [2.24, 2.45) is 51.2 Å². The summed E-state index contributed by atoms with van der Waals surface area (Å²) < 4.78 is 30.2. The third-order valence-electron chi connectivity index (χ3n) is 17.7. The Hall–Kier alpha value is -1.48. The lowest BCUT2D eigenvalue weighted by Gasteiger charge is -2.72.